The summed E-state index contributed by atoms with van der Waals surface area (Å²) in [6.07, 6.45) is -8.44. The number of oxazole rings is 1. The minimum Gasteiger partial charge on any atom is -0.440 e. The van der Waals surface area contributed by atoms with Crippen LogP contribution >= 0.6 is 0 Å². The van der Waals surface area contributed by atoms with Crippen molar-refractivity contribution in [3.8, 4) is 50.9 Å². The monoisotopic (exact) mass is 617 g/mol. The van der Waals surface area contributed by atoms with E-state index in [0.717, 1.165) is 22.8 Å². The van der Waals surface area contributed by atoms with E-state index in [2.05, 4.69) is 19.6 Å². The molecule has 0 saturated carbocycles. The molecule has 0 aliphatic carbocycles. The van der Waals surface area contributed by atoms with Gasteiger partial charge >= 0.3 is 24.0 Å². The molecule has 5 aromatic rings. The van der Waals surface area contributed by atoms with Gasteiger partial charge in [0.15, 0.2) is 28.8 Å². The number of aryl methyl sites for hydroxylation is 3. The smallest absolute Gasteiger partial charge is 0.440 e. The predicted octanol–water partition coefficient (Wildman–Crippen LogP) is 7.46. The van der Waals surface area contributed by atoms with Gasteiger partial charge in [-0.2, -0.15) is 26.7 Å². The van der Waals surface area contributed by atoms with Crippen LogP contribution in [0.2, 0.25) is 0 Å². The third-order valence-electron chi connectivity index (χ3n) is 6.41. The van der Waals surface area contributed by atoms with Gasteiger partial charge in [-0.15, -0.1) is 8.78 Å². The number of nitrogens with zero attached hydrogens (tertiary/aromatic N) is 3. The van der Waals surface area contributed by atoms with Gasteiger partial charge in [0.1, 0.15) is 5.69 Å². The van der Waals surface area contributed by atoms with Crippen molar-refractivity contribution in [2.75, 3.05) is 0 Å². The lowest BCUT2D eigenvalue weighted by atomic mass is 9.97. The highest BCUT2D eigenvalue weighted by Crippen LogP contribution is 2.45. The van der Waals surface area contributed by atoms with Crippen LogP contribution in [0.1, 0.15) is 22.8 Å². The van der Waals surface area contributed by atoms with E-state index in [1.165, 1.54) is 29.8 Å². The summed E-state index contributed by atoms with van der Waals surface area (Å²) in [6.45, 7) is 5.08. The Hall–Kier alpha value is -4.85. The zero-order valence-corrected chi connectivity index (χ0v) is 23.3. The van der Waals surface area contributed by atoms with Gasteiger partial charge in [0, 0.05) is 23.7 Å². The number of hydrogen-bond acceptors (Lipinski definition) is 7. The van der Waals surface area contributed by atoms with Gasteiger partial charge in [-0.25, -0.2) is 9.67 Å². The SMILES string of the molecule is Cc1cccc(-c2ccc(-n3nc(C(F)(F)F)cc3C)c(-c3oc(C)nc3-c3ccc4c(c3)OC(F)(F)O4)c2)c1.O=S=O. The molecular weight excluding hydrogens is 597 g/mol. The Balaban J connectivity index is 0.00000118. The minimum absolute atomic E-state index is 0.135. The Kier molecular flexibility index (Phi) is 7.65. The lowest BCUT2D eigenvalue weighted by molar-refractivity contribution is -0.286. The number of halogens is 5. The zero-order chi connectivity index (χ0) is 31.1. The second kappa shape index (κ2) is 11.1. The minimum atomic E-state index is -4.64. The number of hydrogen-bond donors (Lipinski definition) is 0. The lowest BCUT2D eigenvalue weighted by Crippen LogP contribution is -2.25. The van der Waals surface area contributed by atoms with Gasteiger partial charge in [0.05, 0.1) is 5.69 Å². The molecule has 0 atom stereocenters. The van der Waals surface area contributed by atoms with Gasteiger partial charge in [-0.1, -0.05) is 35.9 Å². The van der Waals surface area contributed by atoms with Crippen LogP contribution in [-0.4, -0.2) is 29.5 Å². The highest BCUT2D eigenvalue weighted by atomic mass is 32.1. The first-order chi connectivity index (χ1) is 20.3. The summed E-state index contributed by atoms with van der Waals surface area (Å²) in [5.41, 5.74) is 3.26. The van der Waals surface area contributed by atoms with Gasteiger partial charge in [0.25, 0.3) is 0 Å². The summed E-state index contributed by atoms with van der Waals surface area (Å²) in [5, 5.41) is 3.84. The molecule has 3 heterocycles. The van der Waals surface area contributed by atoms with E-state index in [1.807, 2.05) is 31.2 Å². The van der Waals surface area contributed by atoms with Crippen molar-refractivity contribution >= 4 is 11.6 Å². The molecule has 1 aliphatic rings. The van der Waals surface area contributed by atoms with Gasteiger partial charge < -0.3 is 13.9 Å². The number of aromatic nitrogens is 3. The van der Waals surface area contributed by atoms with Crippen LogP contribution in [-0.2, 0) is 17.7 Å². The Morgan fingerprint density at radius 1 is 0.837 bits per heavy atom. The van der Waals surface area contributed by atoms with Crippen molar-refractivity contribution in [1.82, 2.24) is 14.8 Å². The number of alkyl halides is 5. The highest BCUT2D eigenvalue weighted by Gasteiger charge is 2.43. The largest absolute Gasteiger partial charge is 0.586 e. The normalized spacial score (nSPS) is 13.4. The van der Waals surface area contributed by atoms with E-state index in [0.29, 0.717) is 16.8 Å². The highest BCUT2D eigenvalue weighted by molar-refractivity contribution is 7.51. The quantitative estimate of drug-likeness (QED) is 0.193. The van der Waals surface area contributed by atoms with Crippen LogP contribution in [0.3, 0.4) is 0 Å². The van der Waals surface area contributed by atoms with Gasteiger partial charge in [0.2, 0.25) is 0 Å². The molecule has 0 saturated heterocycles. The first kappa shape index (κ1) is 29.6. The van der Waals surface area contributed by atoms with Crippen molar-refractivity contribution in [1.29, 1.82) is 0 Å². The molecule has 222 valence electrons. The number of rotatable bonds is 4. The summed E-state index contributed by atoms with van der Waals surface area (Å²) >= 11 is -0.750. The first-order valence-electron chi connectivity index (χ1n) is 12.4. The summed E-state index contributed by atoms with van der Waals surface area (Å²) in [5.74, 6) is 0.161. The van der Waals surface area contributed by atoms with Crippen LogP contribution in [0.5, 0.6) is 11.5 Å². The Labute approximate surface area is 244 Å². The van der Waals surface area contributed by atoms with E-state index < -0.39 is 29.7 Å². The first-order valence-corrected chi connectivity index (χ1v) is 13.1. The molecule has 3 aromatic carbocycles. The molecule has 14 heteroatoms. The molecule has 0 spiro atoms. The Bertz CT molecular complexity index is 1880. The van der Waals surface area contributed by atoms with Crippen LogP contribution < -0.4 is 9.47 Å². The maximum absolute atomic E-state index is 13.6. The van der Waals surface area contributed by atoms with E-state index >= 15 is 0 Å². The van der Waals surface area contributed by atoms with Crippen molar-refractivity contribution in [2.45, 2.75) is 33.2 Å². The fraction of sp³-hybridized carbons (Fsp3) is 0.172. The second-order valence-electron chi connectivity index (χ2n) is 9.49. The molecule has 43 heavy (non-hydrogen) atoms. The molecule has 0 bridgehead atoms. The lowest BCUT2D eigenvalue weighted by Gasteiger charge is -2.14. The Morgan fingerprint density at radius 2 is 1.51 bits per heavy atom. The van der Waals surface area contributed by atoms with Crippen molar-refractivity contribution in [2.24, 2.45) is 0 Å². The third-order valence-corrected chi connectivity index (χ3v) is 6.41. The Morgan fingerprint density at radius 3 is 2.19 bits per heavy atom. The molecule has 0 amide bonds. The fourth-order valence-electron chi connectivity index (χ4n) is 4.67. The van der Waals surface area contributed by atoms with Crippen molar-refractivity contribution in [3.63, 3.8) is 0 Å². The molecule has 0 unspecified atom stereocenters. The topological polar surface area (TPSA) is 96.4 Å². The number of ether oxygens (including phenoxy) is 2. The summed E-state index contributed by atoms with van der Waals surface area (Å²) < 4.78 is 101. The average Bonchev–Trinajstić information content (AvgIpc) is 3.61. The van der Waals surface area contributed by atoms with Crippen molar-refractivity contribution in [3.05, 3.63) is 89.6 Å². The number of benzene rings is 3. The molecule has 0 fully saturated rings. The maximum atomic E-state index is 13.6. The molecule has 8 nitrogen and oxygen atoms in total. The molecule has 1 aliphatic heterocycles. The van der Waals surface area contributed by atoms with E-state index in [-0.39, 0.29) is 34.5 Å². The fourth-order valence-corrected chi connectivity index (χ4v) is 4.67. The molecule has 0 radical (unpaired) electrons. The molecule has 2 aromatic heterocycles. The van der Waals surface area contributed by atoms with Gasteiger partial charge in [-0.05, 0) is 61.4 Å². The standard InChI is InChI=1S/C29H20F5N3O3.O2S/c1-15-5-4-6-18(11-15)19-7-9-22(37-16(2)12-25(36-37)28(30,31)32)21(13-19)27-26(35-17(3)38-27)20-8-10-23-24(14-20)40-29(33,34)39-23;1-3-2/h4-14H,1-3H3;. The van der Waals surface area contributed by atoms with Crippen LogP contribution in [0.15, 0.2) is 71.1 Å². The van der Waals surface area contributed by atoms with Crippen LogP contribution in [0.25, 0.3) is 39.4 Å². The van der Waals surface area contributed by atoms with E-state index in [9.17, 15) is 22.0 Å². The second-order valence-corrected chi connectivity index (χ2v) is 9.63. The summed E-state index contributed by atoms with van der Waals surface area (Å²) in [4.78, 5) is 4.48. The average molecular weight is 618 g/mol. The molecule has 0 N–H and O–H groups in total. The van der Waals surface area contributed by atoms with Crippen LogP contribution in [0.4, 0.5) is 22.0 Å². The number of fused-ring (bicyclic) bond motifs is 1. The van der Waals surface area contributed by atoms with E-state index in [4.69, 9.17) is 12.8 Å². The maximum Gasteiger partial charge on any atom is 0.586 e. The zero-order valence-electron chi connectivity index (χ0n) is 22.5. The summed E-state index contributed by atoms with van der Waals surface area (Å²) in [7, 11) is 0. The van der Waals surface area contributed by atoms with E-state index in [1.54, 1.807) is 25.1 Å². The third kappa shape index (κ3) is 6.04. The summed E-state index contributed by atoms with van der Waals surface area (Å²) in [6, 6.07) is 18.1. The molecular formula is C29H20F5N3O5S. The van der Waals surface area contributed by atoms with Crippen LogP contribution in [0, 0.1) is 20.8 Å². The van der Waals surface area contributed by atoms with Gasteiger partial charge in [-0.3, -0.25) is 0 Å². The molecule has 6 rings (SSSR count). The predicted molar refractivity (Wildman–Crippen MR) is 144 cm³/mol. The van der Waals surface area contributed by atoms with Crippen molar-refractivity contribution < 1.29 is 44.3 Å².